The van der Waals surface area contributed by atoms with Crippen LogP contribution >= 0.6 is 15.9 Å². The van der Waals surface area contributed by atoms with E-state index < -0.39 is 24.6 Å². The Balaban J connectivity index is 2.77. The minimum atomic E-state index is -5.57. The number of carbonyl (C=O) groups excluding carboxylic acids is 1. The molecule has 1 rings (SSSR count). The Labute approximate surface area is 123 Å². The van der Waals surface area contributed by atoms with E-state index in [0.717, 1.165) is 24.3 Å². The lowest BCUT2D eigenvalue weighted by molar-refractivity contribution is -0.411. The average molecular weight is 381 g/mol. The van der Waals surface area contributed by atoms with Crippen LogP contribution < -0.4 is 4.74 Å². The molecule has 0 heterocycles. The number of Topliss-reactive ketones (excluding diaryl/α,β-unsaturated/α-hetero) is 1. The van der Waals surface area contributed by atoms with Crippen molar-refractivity contribution >= 4 is 21.7 Å². The maximum atomic E-state index is 13.1. The number of halogens is 7. The zero-order valence-corrected chi connectivity index (χ0v) is 11.6. The summed E-state index contributed by atoms with van der Waals surface area (Å²) < 4.78 is 80.2. The van der Waals surface area contributed by atoms with Gasteiger partial charge in [-0.1, -0.05) is 15.9 Å². The van der Waals surface area contributed by atoms with Crippen molar-refractivity contribution in [3.8, 4) is 5.75 Å². The van der Waals surface area contributed by atoms with Gasteiger partial charge in [0, 0.05) is 5.56 Å². The third-order valence-corrected chi connectivity index (χ3v) is 2.56. The summed E-state index contributed by atoms with van der Waals surface area (Å²) in [5, 5.41) is -0.00462. The fraction of sp³-hybridized carbons (Fsp3) is 0.364. The van der Waals surface area contributed by atoms with Gasteiger partial charge in [0.1, 0.15) is 5.75 Å². The number of ketones is 1. The zero-order valence-electron chi connectivity index (χ0n) is 9.96. The van der Waals surface area contributed by atoms with Crippen LogP contribution in [0.2, 0.25) is 0 Å². The van der Waals surface area contributed by atoms with Crippen LogP contribution in [0.25, 0.3) is 0 Å². The highest BCUT2D eigenvalue weighted by atomic mass is 79.9. The molecule has 0 aromatic heterocycles. The first kappa shape index (κ1) is 17.8. The van der Waals surface area contributed by atoms with Crippen LogP contribution in [0.3, 0.4) is 0 Å². The van der Waals surface area contributed by atoms with E-state index in [1.807, 2.05) is 0 Å². The first-order valence-electron chi connectivity index (χ1n) is 5.20. The molecule has 0 bridgehead atoms. The fourth-order valence-electron chi connectivity index (χ4n) is 1.18. The Morgan fingerprint density at radius 1 is 1.14 bits per heavy atom. The summed E-state index contributed by atoms with van der Waals surface area (Å²) in [7, 11) is 0. The molecule has 118 valence electrons. The average Bonchev–Trinajstić information content (AvgIpc) is 2.36. The van der Waals surface area contributed by atoms with E-state index in [0.29, 0.717) is 0 Å². The van der Waals surface area contributed by atoms with Gasteiger partial charge in [0.2, 0.25) is 0 Å². The summed E-state index contributed by atoms with van der Waals surface area (Å²) in [5.74, 6) is -0.975. The van der Waals surface area contributed by atoms with Crippen LogP contribution in [0.5, 0.6) is 5.75 Å². The summed E-state index contributed by atoms with van der Waals surface area (Å²) in [5.41, 5.74) is 0.158. The van der Waals surface area contributed by atoms with Crippen LogP contribution in [-0.2, 0) is 4.74 Å². The molecule has 21 heavy (non-hydrogen) atoms. The maximum absolute atomic E-state index is 13.1. The Bertz CT molecular complexity index is 488. The van der Waals surface area contributed by atoms with Crippen molar-refractivity contribution in [3.05, 3.63) is 29.8 Å². The van der Waals surface area contributed by atoms with Crippen molar-refractivity contribution in [2.45, 2.75) is 18.8 Å². The van der Waals surface area contributed by atoms with E-state index in [9.17, 15) is 31.1 Å². The molecule has 0 spiro atoms. The molecule has 1 aromatic rings. The third kappa shape index (κ3) is 5.54. The number of hydrogen-bond acceptors (Lipinski definition) is 3. The minimum absolute atomic E-state index is 0.00462. The number of carbonyl (C=O) groups is 1. The van der Waals surface area contributed by atoms with E-state index in [4.69, 9.17) is 0 Å². The van der Waals surface area contributed by atoms with Crippen molar-refractivity contribution in [2.24, 2.45) is 0 Å². The van der Waals surface area contributed by atoms with Crippen molar-refractivity contribution in [1.29, 1.82) is 0 Å². The number of ether oxygens (including phenoxy) is 2. The molecule has 1 atom stereocenters. The lowest BCUT2D eigenvalue weighted by Crippen LogP contribution is -2.41. The lowest BCUT2D eigenvalue weighted by atomic mass is 10.1. The molecule has 1 aromatic carbocycles. The summed E-state index contributed by atoms with van der Waals surface area (Å²) in [6, 6.07) is 3.99. The molecule has 3 nitrogen and oxygen atoms in total. The second-order valence-corrected chi connectivity index (χ2v) is 4.19. The minimum Gasteiger partial charge on any atom is -0.429 e. The van der Waals surface area contributed by atoms with Gasteiger partial charge in [-0.25, -0.2) is 9.13 Å². The van der Waals surface area contributed by atoms with E-state index in [1.165, 1.54) is 0 Å². The Morgan fingerprint density at radius 3 is 2.10 bits per heavy atom. The molecule has 10 heteroatoms. The second-order valence-electron chi connectivity index (χ2n) is 3.62. The molecule has 0 N–H and O–H groups in total. The molecule has 0 aliphatic rings. The SMILES string of the molecule is O=C(CBr)c1ccc(OC(F)(F)C(F)OC(F)(F)F)cc1. The predicted octanol–water partition coefficient (Wildman–Crippen LogP) is 4.07. The van der Waals surface area contributed by atoms with Crippen molar-refractivity contribution < 1.29 is 40.6 Å². The number of benzene rings is 1. The highest BCUT2D eigenvalue weighted by Crippen LogP contribution is 2.31. The van der Waals surface area contributed by atoms with Gasteiger partial charge in [0.05, 0.1) is 5.33 Å². The first-order chi connectivity index (χ1) is 9.55. The third-order valence-electron chi connectivity index (χ3n) is 2.05. The van der Waals surface area contributed by atoms with Crippen LogP contribution in [0, 0.1) is 0 Å². The summed E-state index contributed by atoms with van der Waals surface area (Å²) in [6.07, 6.45) is -14.4. The Kier molecular flexibility index (Phi) is 5.62. The molecule has 0 amide bonds. The van der Waals surface area contributed by atoms with Gasteiger partial charge in [-0.3, -0.25) is 4.79 Å². The topological polar surface area (TPSA) is 35.5 Å². The van der Waals surface area contributed by atoms with E-state index in [2.05, 4.69) is 25.4 Å². The van der Waals surface area contributed by atoms with Gasteiger partial charge in [0.25, 0.3) is 0 Å². The summed E-state index contributed by atoms with van der Waals surface area (Å²) in [4.78, 5) is 11.2. The van der Waals surface area contributed by atoms with Gasteiger partial charge in [-0.05, 0) is 24.3 Å². The molecule has 0 fully saturated rings. The summed E-state index contributed by atoms with van der Waals surface area (Å²) in [6.45, 7) is 0. The molecule has 0 aliphatic heterocycles. The highest BCUT2D eigenvalue weighted by molar-refractivity contribution is 9.09. The van der Waals surface area contributed by atoms with E-state index in [1.54, 1.807) is 0 Å². The first-order valence-corrected chi connectivity index (χ1v) is 6.32. The molecular weight excluding hydrogens is 374 g/mol. The van der Waals surface area contributed by atoms with Gasteiger partial charge < -0.3 is 4.74 Å². The molecule has 0 aliphatic carbocycles. The van der Waals surface area contributed by atoms with Gasteiger partial charge >= 0.3 is 18.8 Å². The molecule has 0 radical (unpaired) electrons. The monoisotopic (exact) mass is 380 g/mol. The van der Waals surface area contributed by atoms with Crippen LogP contribution in [0.1, 0.15) is 10.4 Å². The second kappa shape index (κ2) is 6.65. The van der Waals surface area contributed by atoms with Gasteiger partial charge in [0.15, 0.2) is 5.78 Å². The quantitative estimate of drug-likeness (QED) is 0.424. The standard InChI is InChI=1S/C11H7BrF6O3/c12-5-8(19)6-1-3-7(4-2-6)20-10(14,15)9(13)21-11(16,17)18/h1-4,9H,5H2. The van der Waals surface area contributed by atoms with Crippen LogP contribution in [-0.4, -0.2) is 29.9 Å². The molecule has 0 saturated heterocycles. The zero-order chi connectivity index (χ0) is 16.3. The van der Waals surface area contributed by atoms with Crippen molar-refractivity contribution in [3.63, 3.8) is 0 Å². The summed E-state index contributed by atoms with van der Waals surface area (Å²) >= 11 is 2.89. The molecule has 1 unspecified atom stereocenters. The van der Waals surface area contributed by atoms with Crippen molar-refractivity contribution in [2.75, 3.05) is 5.33 Å². The largest absolute Gasteiger partial charge is 0.525 e. The van der Waals surface area contributed by atoms with Gasteiger partial charge in [-0.2, -0.15) is 8.78 Å². The number of rotatable bonds is 6. The van der Waals surface area contributed by atoms with Crippen LogP contribution in [0.4, 0.5) is 26.3 Å². The van der Waals surface area contributed by atoms with Crippen molar-refractivity contribution in [1.82, 2.24) is 0 Å². The molecule has 0 saturated carbocycles. The van der Waals surface area contributed by atoms with Crippen LogP contribution in [0.15, 0.2) is 24.3 Å². The fourth-order valence-corrected chi connectivity index (χ4v) is 1.50. The number of alkyl halides is 7. The lowest BCUT2D eigenvalue weighted by Gasteiger charge is -2.22. The predicted molar refractivity (Wildman–Crippen MR) is 62.2 cm³/mol. The van der Waals surface area contributed by atoms with E-state index >= 15 is 0 Å². The highest BCUT2D eigenvalue weighted by Gasteiger charge is 2.50. The Hall–Kier alpha value is -1.29. The smallest absolute Gasteiger partial charge is 0.429 e. The maximum Gasteiger partial charge on any atom is 0.525 e. The molecular formula is C11H7BrF6O3. The Morgan fingerprint density at radius 2 is 1.67 bits per heavy atom. The normalized spacial score (nSPS) is 13.9. The number of hydrogen-bond donors (Lipinski definition) is 0. The van der Waals surface area contributed by atoms with Gasteiger partial charge in [-0.15, -0.1) is 13.2 Å². The van der Waals surface area contributed by atoms with E-state index in [-0.39, 0.29) is 16.7 Å².